The summed E-state index contributed by atoms with van der Waals surface area (Å²) in [4.78, 5) is 10.8. The van der Waals surface area contributed by atoms with E-state index in [1.54, 1.807) is 6.92 Å². The maximum Gasteiger partial charge on any atom is 0.234 e. The summed E-state index contributed by atoms with van der Waals surface area (Å²) >= 11 is 0. The Hall–Kier alpha value is -1.35. The molecule has 3 nitrogen and oxygen atoms in total. The summed E-state index contributed by atoms with van der Waals surface area (Å²) in [7, 11) is 0. The molecule has 1 aromatic rings. The lowest BCUT2D eigenvalue weighted by Gasteiger charge is -2.12. The zero-order valence-electron chi connectivity index (χ0n) is 9.50. The van der Waals surface area contributed by atoms with Crippen LogP contribution in [0.5, 0.6) is 0 Å². The van der Waals surface area contributed by atoms with Crippen LogP contribution in [0.15, 0.2) is 18.2 Å². The van der Waals surface area contributed by atoms with Crippen molar-refractivity contribution in [1.82, 2.24) is 5.32 Å². The second-order valence-electron chi connectivity index (χ2n) is 3.86. The highest BCUT2D eigenvalue weighted by atomic mass is 16.1. The average Bonchev–Trinajstić information content (AvgIpc) is 2.19. The largest absolute Gasteiger partial charge is 0.368 e. The Kier molecular flexibility index (Phi) is 3.86. The van der Waals surface area contributed by atoms with Crippen molar-refractivity contribution in [2.24, 2.45) is 5.73 Å². The van der Waals surface area contributed by atoms with Gasteiger partial charge in [0.15, 0.2) is 0 Å². The number of amides is 1. The van der Waals surface area contributed by atoms with Crippen LogP contribution >= 0.6 is 0 Å². The van der Waals surface area contributed by atoms with Crippen molar-refractivity contribution < 1.29 is 4.79 Å². The summed E-state index contributed by atoms with van der Waals surface area (Å²) < 4.78 is 0. The summed E-state index contributed by atoms with van der Waals surface area (Å²) in [5.41, 5.74) is 8.91. The molecule has 0 spiro atoms. The number of aryl methyl sites for hydroxylation is 1. The molecule has 0 saturated carbocycles. The van der Waals surface area contributed by atoms with Gasteiger partial charge in [-0.05, 0) is 37.5 Å². The van der Waals surface area contributed by atoms with Crippen molar-refractivity contribution in [1.29, 1.82) is 0 Å². The predicted molar refractivity (Wildman–Crippen MR) is 61.4 cm³/mol. The molecule has 3 N–H and O–H groups in total. The number of benzene rings is 1. The van der Waals surface area contributed by atoms with Gasteiger partial charge in [0.1, 0.15) is 0 Å². The molecule has 0 aliphatic carbocycles. The summed E-state index contributed by atoms with van der Waals surface area (Å²) in [5.74, 6) is -0.319. The van der Waals surface area contributed by atoms with Gasteiger partial charge < -0.3 is 11.1 Å². The molecule has 82 valence electrons. The third-order valence-electron chi connectivity index (χ3n) is 2.74. The van der Waals surface area contributed by atoms with Crippen molar-refractivity contribution in [2.75, 3.05) is 0 Å². The van der Waals surface area contributed by atoms with Crippen molar-refractivity contribution in [3.05, 3.63) is 34.9 Å². The molecule has 0 fully saturated rings. The Morgan fingerprint density at radius 2 is 2.13 bits per heavy atom. The highest BCUT2D eigenvalue weighted by Gasteiger charge is 2.08. The molecule has 0 radical (unpaired) electrons. The van der Waals surface area contributed by atoms with E-state index in [-0.39, 0.29) is 11.9 Å². The van der Waals surface area contributed by atoms with E-state index in [1.807, 2.05) is 6.07 Å². The third kappa shape index (κ3) is 3.06. The highest BCUT2D eigenvalue weighted by molar-refractivity contribution is 5.79. The van der Waals surface area contributed by atoms with Crippen molar-refractivity contribution in [3.8, 4) is 0 Å². The smallest absolute Gasteiger partial charge is 0.234 e. The molecule has 0 aliphatic heterocycles. The van der Waals surface area contributed by atoms with E-state index in [0.717, 1.165) is 0 Å². The second kappa shape index (κ2) is 4.94. The topological polar surface area (TPSA) is 55.1 Å². The molecule has 1 aromatic carbocycles. The van der Waals surface area contributed by atoms with E-state index in [4.69, 9.17) is 5.73 Å². The molecule has 1 amide bonds. The van der Waals surface area contributed by atoms with E-state index >= 15 is 0 Å². The molecule has 0 aromatic heterocycles. The van der Waals surface area contributed by atoms with Crippen LogP contribution in [0.4, 0.5) is 0 Å². The molecular weight excluding hydrogens is 188 g/mol. The third-order valence-corrected chi connectivity index (χ3v) is 2.74. The number of nitrogens with two attached hydrogens (primary N) is 1. The minimum absolute atomic E-state index is 0.287. The quantitative estimate of drug-likeness (QED) is 0.779. The Balaban J connectivity index is 2.66. The van der Waals surface area contributed by atoms with Crippen LogP contribution in [0.1, 0.15) is 23.6 Å². The standard InChI is InChI=1S/C12H18N2O/c1-8-5-4-6-11(9(8)2)7-14-10(3)12(13)15/h4-6,10,14H,7H2,1-3H3,(H2,13,15). The first-order valence-electron chi connectivity index (χ1n) is 5.10. The van der Waals surface area contributed by atoms with Gasteiger partial charge in [-0.15, -0.1) is 0 Å². The number of primary amides is 1. The Morgan fingerprint density at radius 3 is 2.73 bits per heavy atom. The minimum atomic E-state index is -0.319. The number of hydrogen-bond acceptors (Lipinski definition) is 2. The summed E-state index contributed by atoms with van der Waals surface area (Å²) in [6, 6.07) is 5.87. The van der Waals surface area contributed by atoms with Crippen LogP contribution in [0.3, 0.4) is 0 Å². The van der Waals surface area contributed by atoms with Gasteiger partial charge >= 0.3 is 0 Å². The van der Waals surface area contributed by atoms with Crippen LogP contribution in [0, 0.1) is 13.8 Å². The van der Waals surface area contributed by atoms with Crippen molar-refractivity contribution >= 4 is 5.91 Å². The van der Waals surface area contributed by atoms with E-state index < -0.39 is 0 Å². The lowest BCUT2D eigenvalue weighted by molar-refractivity contribution is -0.119. The van der Waals surface area contributed by atoms with E-state index in [9.17, 15) is 4.79 Å². The van der Waals surface area contributed by atoms with E-state index in [0.29, 0.717) is 6.54 Å². The van der Waals surface area contributed by atoms with E-state index in [1.165, 1.54) is 16.7 Å². The number of carbonyl (C=O) groups is 1. The van der Waals surface area contributed by atoms with Gasteiger partial charge in [0.05, 0.1) is 6.04 Å². The molecule has 1 atom stereocenters. The van der Waals surface area contributed by atoms with Crippen molar-refractivity contribution in [2.45, 2.75) is 33.4 Å². The Labute approximate surface area is 90.7 Å². The van der Waals surface area contributed by atoms with Gasteiger partial charge in [0.2, 0.25) is 5.91 Å². The Bertz CT molecular complexity index is 361. The average molecular weight is 206 g/mol. The molecule has 0 saturated heterocycles. The molecule has 1 unspecified atom stereocenters. The molecular formula is C12H18N2O. The van der Waals surface area contributed by atoms with Crippen LogP contribution in [-0.2, 0) is 11.3 Å². The predicted octanol–water partition coefficient (Wildman–Crippen LogP) is 1.27. The molecule has 15 heavy (non-hydrogen) atoms. The molecule has 0 heterocycles. The first-order valence-corrected chi connectivity index (χ1v) is 5.10. The van der Waals surface area contributed by atoms with Gasteiger partial charge in [0, 0.05) is 6.54 Å². The number of rotatable bonds is 4. The van der Waals surface area contributed by atoms with Gasteiger partial charge in [-0.2, -0.15) is 0 Å². The number of hydrogen-bond donors (Lipinski definition) is 2. The molecule has 1 rings (SSSR count). The number of carbonyl (C=O) groups excluding carboxylic acids is 1. The maximum absolute atomic E-state index is 10.8. The van der Waals surface area contributed by atoms with Gasteiger partial charge in [-0.3, -0.25) is 4.79 Å². The van der Waals surface area contributed by atoms with Crippen LogP contribution < -0.4 is 11.1 Å². The van der Waals surface area contributed by atoms with Crippen LogP contribution in [-0.4, -0.2) is 11.9 Å². The van der Waals surface area contributed by atoms with Gasteiger partial charge in [-0.25, -0.2) is 0 Å². The number of nitrogens with one attached hydrogen (secondary N) is 1. The fraction of sp³-hybridized carbons (Fsp3) is 0.417. The minimum Gasteiger partial charge on any atom is -0.368 e. The SMILES string of the molecule is Cc1cccc(CNC(C)C(N)=O)c1C. The second-order valence-corrected chi connectivity index (χ2v) is 3.86. The zero-order chi connectivity index (χ0) is 11.4. The molecule has 0 aliphatic rings. The molecule has 3 heteroatoms. The van der Waals surface area contributed by atoms with Crippen LogP contribution in [0.25, 0.3) is 0 Å². The first-order chi connectivity index (χ1) is 7.02. The Morgan fingerprint density at radius 1 is 1.47 bits per heavy atom. The fourth-order valence-corrected chi connectivity index (χ4v) is 1.37. The van der Waals surface area contributed by atoms with Crippen LogP contribution in [0.2, 0.25) is 0 Å². The van der Waals surface area contributed by atoms with E-state index in [2.05, 4.69) is 31.3 Å². The first kappa shape index (κ1) is 11.7. The monoisotopic (exact) mass is 206 g/mol. The normalized spacial score (nSPS) is 12.5. The van der Waals surface area contributed by atoms with Gasteiger partial charge in [-0.1, -0.05) is 18.2 Å². The fourth-order valence-electron chi connectivity index (χ4n) is 1.37. The maximum atomic E-state index is 10.8. The summed E-state index contributed by atoms with van der Waals surface area (Å²) in [6.07, 6.45) is 0. The molecule has 0 bridgehead atoms. The van der Waals surface area contributed by atoms with Gasteiger partial charge in [0.25, 0.3) is 0 Å². The lowest BCUT2D eigenvalue weighted by atomic mass is 10.0. The summed E-state index contributed by atoms with van der Waals surface area (Å²) in [5, 5.41) is 3.09. The highest BCUT2D eigenvalue weighted by Crippen LogP contribution is 2.12. The lowest BCUT2D eigenvalue weighted by Crippen LogP contribution is -2.38. The summed E-state index contributed by atoms with van der Waals surface area (Å²) in [6.45, 7) is 6.61. The zero-order valence-corrected chi connectivity index (χ0v) is 9.50. The van der Waals surface area contributed by atoms with Crippen molar-refractivity contribution in [3.63, 3.8) is 0 Å².